The Morgan fingerprint density at radius 3 is 2.70 bits per heavy atom. The summed E-state index contributed by atoms with van der Waals surface area (Å²) in [6.07, 6.45) is 0.888. The van der Waals surface area contributed by atoms with E-state index in [0.29, 0.717) is 6.54 Å². The van der Waals surface area contributed by atoms with Gasteiger partial charge in [-0.15, -0.1) is 11.3 Å². The lowest BCUT2D eigenvalue weighted by Crippen LogP contribution is -2.40. The van der Waals surface area contributed by atoms with Crippen molar-refractivity contribution in [2.75, 3.05) is 6.54 Å². The maximum Gasteiger partial charge on any atom is 0.240 e. The summed E-state index contributed by atoms with van der Waals surface area (Å²) in [5.41, 5.74) is 2.27. The maximum absolute atomic E-state index is 12.4. The molecule has 0 bridgehead atoms. The van der Waals surface area contributed by atoms with Crippen LogP contribution in [-0.4, -0.2) is 39.4 Å². The molecule has 5 nitrogen and oxygen atoms in total. The van der Waals surface area contributed by atoms with Crippen LogP contribution in [0.4, 0.5) is 0 Å². The van der Waals surface area contributed by atoms with Gasteiger partial charge in [-0.3, -0.25) is 4.79 Å². The number of thiophene rings is 1. The Kier molecular flexibility index (Phi) is 4.38. The van der Waals surface area contributed by atoms with E-state index in [9.17, 15) is 4.79 Å². The first kappa shape index (κ1) is 16.3. The zero-order valence-electron chi connectivity index (χ0n) is 14.4. The lowest BCUT2D eigenvalue weighted by molar-refractivity contribution is -0.130. The van der Waals surface area contributed by atoms with Gasteiger partial charge in [0.05, 0.1) is 6.04 Å². The molecule has 124 valence electrons. The van der Waals surface area contributed by atoms with Gasteiger partial charge in [-0.05, 0) is 46.6 Å². The summed E-state index contributed by atoms with van der Waals surface area (Å²) in [7, 11) is 0. The Morgan fingerprint density at radius 2 is 2.04 bits per heavy atom. The number of aromatic nitrogens is 2. The molecule has 3 rings (SSSR count). The van der Waals surface area contributed by atoms with Gasteiger partial charge in [0, 0.05) is 35.1 Å². The highest BCUT2D eigenvalue weighted by Crippen LogP contribution is 2.31. The molecule has 0 saturated carbocycles. The zero-order valence-corrected chi connectivity index (χ0v) is 15.3. The smallest absolute Gasteiger partial charge is 0.240 e. The molecule has 1 aliphatic rings. The number of hydrogen-bond acceptors (Lipinski definition) is 5. The molecule has 1 aliphatic heterocycles. The Hall–Kier alpha value is -1.53. The molecule has 0 spiro atoms. The van der Waals surface area contributed by atoms with Crippen molar-refractivity contribution in [3.63, 3.8) is 0 Å². The van der Waals surface area contributed by atoms with Crippen molar-refractivity contribution in [3.05, 3.63) is 22.0 Å². The summed E-state index contributed by atoms with van der Waals surface area (Å²) in [6, 6.07) is 0.220. The Bertz CT molecular complexity index is 753. The van der Waals surface area contributed by atoms with E-state index in [2.05, 4.69) is 36.1 Å². The monoisotopic (exact) mass is 332 g/mol. The third kappa shape index (κ3) is 2.97. The molecule has 1 amide bonds. The minimum atomic E-state index is -0.0593. The third-order valence-corrected chi connectivity index (χ3v) is 5.74. The molecule has 1 fully saturated rings. The van der Waals surface area contributed by atoms with E-state index in [1.807, 2.05) is 18.7 Å². The molecule has 0 radical (unpaired) electrons. The van der Waals surface area contributed by atoms with E-state index in [1.165, 1.54) is 15.8 Å². The highest BCUT2D eigenvalue weighted by molar-refractivity contribution is 7.18. The molecular formula is C17H24N4OS. The number of nitrogens with zero attached hydrogens (tertiary/aromatic N) is 3. The number of aryl methyl sites for hydroxylation is 3. The van der Waals surface area contributed by atoms with Crippen LogP contribution in [0.15, 0.2) is 0 Å². The maximum atomic E-state index is 12.4. The van der Waals surface area contributed by atoms with Crippen molar-refractivity contribution >= 4 is 27.5 Å². The van der Waals surface area contributed by atoms with Gasteiger partial charge in [0.25, 0.3) is 0 Å². The first-order chi connectivity index (χ1) is 10.9. The van der Waals surface area contributed by atoms with Gasteiger partial charge in [-0.2, -0.15) is 0 Å². The molecule has 1 atom stereocenters. The quantitative estimate of drug-likeness (QED) is 0.935. The summed E-state index contributed by atoms with van der Waals surface area (Å²) in [6.45, 7) is 11.8. The summed E-state index contributed by atoms with van der Waals surface area (Å²) in [5, 5.41) is 4.61. The predicted octanol–water partition coefficient (Wildman–Crippen LogP) is 2.72. The van der Waals surface area contributed by atoms with Crippen LogP contribution in [0.5, 0.6) is 0 Å². The molecule has 2 aromatic rings. The molecule has 1 unspecified atom stereocenters. The summed E-state index contributed by atoms with van der Waals surface area (Å²) in [5.74, 6) is 1.04. The average Bonchev–Trinajstić information content (AvgIpc) is 2.97. The van der Waals surface area contributed by atoms with Crippen molar-refractivity contribution in [1.29, 1.82) is 0 Å². The van der Waals surface area contributed by atoms with Gasteiger partial charge in [0.2, 0.25) is 5.91 Å². The van der Waals surface area contributed by atoms with Crippen LogP contribution in [0, 0.1) is 20.8 Å². The van der Waals surface area contributed by atoms with Gasteiger partial charge >= 0.3 is 0 Å². The fourth-order valence-corrected chi connectivity index (χ4v) is 4.53. The molecule has 23 heavy (non-hydrogen) atoms. The zero-order chi connectivity index (χ0) is 16.7. The molecular weight excluding hydrogens is 308 g/mol. The standard InChI is InChI=1S/C17H24N4OS/c1-9(2)21-7-6-13(17(21)22)18-8-14-10(3)15-11(4)19-12(5)20-16(15)23-14/h9,13,18H,6-8H2,1-5H3. The number of fused-ring (bicyclic) bond motifs is 1. The minimum absolute atomic E-state index is 0.0593. The summed E-state index contributed by atoms with van der Waals surface area (Å²) in [4.78, 5) is 25.6. The van der Waals surface area contributed by atoms with E-state index in [4.69, 9.17) is 0 Å². The minimum Gasteiger partial charge on any atom is -0.339 e. The highest BCUT2D eigenvalue weighted by Gasteiger charge is 2.32. The van der Waals surface area contributed by atoms with Crippen LogP contribution in [0.1, 0.15) is 42.2 Å². The first-order valence-corrected chi connectivity index (χ1v) is 8.97. The number of amides is 1. The predicted molar refractivity (Wildman–Crippen MR) is 93.7 cm³/mol. The van der Waals surface area contributed by atoms with Gasteiger partial charge < -0.3 is 10.2 Å². The largest absolute Gasteiger partial charge is 0.339 e. The molecule has 3 heterocycles. The van der Waals surface area contributed by atoms with Crippen LogP contribution >= 0.6 is 11.3 Å². The normalized spacial score (nSPS) is 18.6. The number of hydrogen-bond donors (Lipinski definition) is 1. The lowest BCUT2D eigenvalue weighted by atomic mass is 10.1. The van der Waals surface area contributed by atoms with Gasteiger partial charge in [0.1, 0.15) is 10.7 Å². The average molecular weight is 332 g/mol. The van der Waals surface area contributed by atoms with Gasteiger partial charge in [0.15, 0.2) is 0 Å². The number of rotatable bonds is 4. The van der Waals surface area contributed by atoms with Crippen LogP contribution in [0.2, 0.25) is 0 Å². The molecule has 2 aromatic heterocycles. The number of carbonyl (C=O) groups excluding carboxylic acids is 1. The first-order valence-electron chi connectivity index (χ1n) is 8.15. The fraction of sp³-hybridized carbons (Fsp3) is 0.588. The van der Waals surface area contributed by atoms with E-state index in [1.54, 1.807) is 11.3 Å². The SMILES string of the molecule is Cc1nc(C)c2c(C)c(CNC3CCN(C(C)C)C3=O)sc2n1. The number of likely N-dealkylation sites (tertiary alicyclic amines) is 1. The highest BCUT2D eigenvalue weighted by atomic mass is 32.1. The topological polar surface area (TPSA) is 58.1 Å². The van der Waals surface area contributed by atoms with Crippen LogP contribution < -0.4 is 5.32 Å². The second-order valence-electron chi connectivity index (χ2n) is 6.53. The molecule has 6 heteroatoms. The second kappa shape index (κ2) is 6.17. The molecule has 0 aromatic carbocycles. The van der Waals surface area contributed by atoms with Gasteiger partial charge in [-0.1, -0.05) is 0 Å². The fourth-order valence-electron chi connectivity index (χ4n) is 3.31. The summed E-state index contributed by atoms with van der Waals surface area (Å²) >= 11 is 1.71. The third-order valence-electron chi connectivity index (χ3n) is 4.55. The van der Waals surface area contributed by atoms with E-state index in [-0.39, 0.29) is 18.0 Å². The Labute approximate surface area is 141 Å². The van der Waals surface area contributed by atoms with E-state index in [0.717, 1.165) is 29.3 Å². The van der Waals surface area contributed by atoms with E-state index < -0.39 is 0 Å². The lowest BCUT2D eigenvalue weighted by Gasteiger charge is -2.21. The number of nitrogens with one attached hydrogen (secondary N) is 1. The molecule has 0 aliphatic carbocycles. The van der Waals surface area contributed by atoms with Crippen LogP contribution in [0.3, 0.4) is 0 Å². The van der Waals surface area contributed by atoms with Crippen LogP contribution in [-0.2, 0) is 11.3 Å². The van der Waals surface area contributed by atoms with Crippen molar-refractivity contribution < 1.29 is 4.79 Å². The van der Waals surface area contributed by atoms with E-state index >= 15 is 0 Å². The van der Waals surface area contributed by atoms with Crippen molar-refractivity contribution in [3.8, 4) is 0 Å². The van der Waals surface area contributed by atoms with Crippen molar-refractivity contribution in [1.82, 2.24) is 20.2 Å². The Balaban J connectivity index is 1.77. The van der Waals surface area contributed by atoms with Crippen molar-refractivity contribution in [2.24, 2.45) is 0 Å². The molecule has 1 saturated heterocycles. The second-order valence-corrected chi connectivity index (χ2v) is 7.62. The number of carbonyl (C=O) groups is 1. The van der Waals surface area contributed by atoms with Crippen molar-refractivity contribution in [2.45, 2.75) is 59.7 Å². The molecule has 1 N–H and O–H groups in total. The van der Waals surface area contributed by atoms with Gasteiger partial charge in [-0.25, -0.2) is 9.97 Å². The summed E-state index contributed by atoms with van der Waals surface area (Å²) < 4.78 is 0. The Morgan fingerprint density at radius 1 is 1.30 bits per heavy atom. The van der Waals surface area contributed by atoms with Crippen LogP contribution in [0.25, 0.3) is 10.2 Å².